The maximum Gasteiger partial charge on any atom is 0.131 e. The molecule has 106 valence electrons. The average Bonchev–Trinajstić information content (AvgIpc) is 2.50. The quantitative estimate of drug-likeness (QED) is 0.749. The van der Waals surface area contributed by atoms with Gasteiger partial charge in [-0.3, -0.25) is 0 Å². The molecule has 0 bridgehead atoms. The summed E-state index contributed by atoms with van der Waals surface area (Å²) in [6, 6.07) is 20.8. The van der Waals surface area contributed by atoms with Crippen molar-refractivity contribution in [2.75, 3.05) is 7.05 Å². The van der Waals surface area contributed by atoms with Crippen molar-refractivity contribution in [1.29, 1.82) is 0 Å². The van der Waals surface area contributed by atoms with Crippen LogP contribution in [0.5, 0.6) is 11.5 Å². The van der Waals surface area contributed by atoms with Gasteiger partial charge < -0.3 is 10.1 Å². The molecule has 0 radical (unpaired) electrons. The van der Waals surface area contributed by atoms with Crippen LogP contribution < -0.4 is 10.1 Å². The lowest BCUT2D eigenvalue weighted by atomic mass is 10.1. The Kier molecular flexibility index (Phi) is 3.89. The van der Waals surface area contributed by atoms with Crippen molar-refractivity contribution in [3.05, 3.63) is 71.8 Å². The van der Waals surface area contributed by atoms with Gasteiger partial charge in [0.2, 0.25) is 0 Å². The first-order chi connectivity index (χ1) is 10.3. The molecule has 0 amide bonds. The van der Waals surface area contributed by atoms with Gasteiger partial charge in [0.15, 0.2) is 0 Å². The van der Waals surface area contributed by atoms with Crippen molar-refractivity contribution in [3.63, 3.8) is 0 Å². The van der Waals surface area contributed by atoms with Gasteiger partial charge in [-0.1, -0.05) is 48.0 Å². The van der Waals surface area contributed by atoms with Crippen LogP contribution in [0.15, 0.2) is 60.7 Å². The second-order valence-corrected chi connectivity index (χ2v) is 5.25. The second kappa shape index (κ2) is 5.98. The molecule has 2 heteroatoms. The van der Waals surface area contributed by atoms with Crippen LogP contribution in [0.4, 0.5) is 0 Å². The van der Waals surface area contributed by atoms with E-state index in [2.05, 4.69) is 48.6 Å². The number of rotatable bonds is 4. The summed E-state index contributed by atoms with van der Waals surface area (Å²) in [7, 11) is 1.95. The minimum Gasteiger partial charge on any atom is -0.457 e. The van der Waals surface area contributed by atoms with Gasteiger partial charge in [0.25, 0.3) is 0 Å². The molecule has 3 aromatic carbocycles. The van der Waals surface area contributed by atoms with Crippen LogP contribution in [0.1, 0.15) is 11.1 Å². The third-order valence-electron chi connectivity index (χ3n) is 3.53. The lowest BCUT2D eigenvalue weighted by Crippen LogP contribution is -2.06. The van der Waals surface area contributed by atoms with E-state index in [0.29, 0.717) is 0 Å². The fraction of sp³-hybridized carbons (Fsp3) is 0.158. The molecule has 3 aromatic rings. The van der Waals surface area contributed by atoms with E-state index in [1.165, 1.54) is 21.9 Å². The fourth-order valence-corrected chi connectivity index (χ4v) is 2.49. The first-order valence-electron chi connectivity index (χ1n) is 7.17. The molecule has 0 saturated carbocycles. The largest absolute Gasteiger partial charge is 0.457 e. The van der Waals surface area contributed by atoms with Gasteiger partial charge in [-0.25, -0.2) is 0 Å². The van der Waals surface area contributed by atoms with Crippen molar-refractivity contribution in [2.24, 2.45) is 0 Å². The van der Waals surface area contributed by atoms with E-state index >= 15 is 0 Å². The van der Waals surface area contributed by atoms with Gasteiger partial charge in [-0.15, -0.1) is 0 Å². The normalized spacial score (nSPS) is 10.8. The molecule has 0 aliphatic carbocycles. The highest BCUT2D eigenvalue weighted by atomic mass is 16.5. The van der Waals surface area contributed by atoms with Gasteiger partial charge in [0, 0.05) is 12.1 Å². The topological polar surface area (TPSA) is 21.3 Å². The zero-order valence-electron chi connectivity index (χ0n) is 12.4. The molecule has 0 saturated heterocycles. The molecule has 0 fully saturated rings. The molecule has 0 aliphatic heterocycles. The number of aryl methyl sites for hydroxylation is 1. The Morgan fingerprint density at radius 1 is 0.905 bits per heavy atom. The first-order valence-corrected chi connectivity index (χ1v) is 7.17. The Bertz CT molecular complexity index is 764. The summed E-state index contributed by atoms with van der Waals surface area (Å²) in [5, 5.41) is 5.61. The predicted octanol–water partition coefficient (Wildman–Crippen LogP) is 4.66. The predicted molar refractivity (Wildman–Crippen MR) is 88.0 cm³/mol. The summed E-state index contributed by atoms with van der Waals surface area (Å²) >= 11 is 0. The molecule has 0 spiro atoms. The molecule has 1 N–H and O–H groups in total. The van der Waals surface area contributed by atoms with Crippen LogP contribution in [0.2, 0.25) is 0 Å². The lowest BCUT2D eigenvalue weighted by molar-refractivity contribution is 0.475. The van der Waals surface area contributed by atoms with Gasteiger partial charge >= 0.3 is 0 Å². The summed E-state index contributed by atoms with van der Waals surface area (Å²) in [6.45, 7) is 2.89. The van der Waals surface area contributed by atoms with Crippen LogP contribution in [-0.2, 0) is 6.54 Å². The molecule has 0 atom stereocenters. The fourth-order valence-electron chi connectivity index (χ4n) is 2.49. The van der Waals surface area contributed by atoms with Gasteiger partial charge in [-0.05, 0) is 42.9 Å². The number of nitrogens with one attached hydrogen (secondary N) is 1. The molecule has 2 nitrogen and oxygen atoms in total. The molecule has 21 heavy (non-hydrogen) atoms. The van der Waals surface area contributed by atoms with Gasteiger partial charge in [-0.2, -0.15) is 0 Å². The van der Waals surface area contributed by atoms with Crippen molar-refractivity contribution in [2.45, 2.75) is 13.5 Å². The van der Waals surface area contributed by atoms with E-state index in [4.69, 9.17) is 4.74 Å². The monoisotopic (exact) mass is 277 g/mol. The van der Waals surface area contributed by atoms with Gasteiger partial charge in [0.05, 0.1) is 0 Å². The minimum atomic E-state index is 0.796. The maximum atomic E-state index is 6.09. The Balaban J connectivity index is 1.94. The van der Waals surface area contributed by atoms with Crippen LogP contribution in [0.25, 0.3) is 10.8 Å². The van der Waals surface area contributed by atoms with E-state index < -0.39 is 0 Å². The summed E-state index contributed by atoms with van der Waals surface area (Å²) in [6.07, 6.45) is 0. The number of fused-ring (bicyclic) bond motifs is 1. The van der Waals surface area contributed by atoms with Crippen LogP contribution in [0, 0.1) is 6.92 Å². The third-order valence-corrected chi connectivity index (χ3v) is 3.53. The van der Waals surface area contributed by atoms with E-state index in [1.54, 1.807) is 0 Å². The molecular weight excluding hydrogens is 258 g/mol. The molecule has 0 aliphatic rings. The molecule has 3 rings (SSSR count). The van der Waals surface area contributed by atoms with E-state index in [9.17, 15) is 0 Å². The highest BCUT2D eigenvalue weighted by Gasteiger charge is 2.05. The lowest BCUT2D eigenvalue weighted by Gasteiger charge is -2.12. The van der Waals surface area contributed by atoms with Crippen molar-refractivity contribution in [3.8, 4) is 11.5 Å². The Morgan fingerprint density at radius 3 is 2.52 bits per heavy atom. The average molecular weight is 277 g/mol. The Hall–Kier alpha value is -2.32. The maximum absolute atomic E-state index is 6.09. The van der Waals surface area contributed by atoms with Crippen LogP contribution >= 0.6 is 0 Å². The molecule has 0 aromatic heterocycles. The summed E-state index contributed by atoms with van der Waals surface area (Å²) in [5.41, 5.74) is 2.41. The van der Waals surface area contributed by atoms with Crippen molar-refractivity contribution >= 4 is 10.8 Å². The van der Waals surface area contributed by atoms with E-state index in [-0.39, 0.29) is 0 Å². The van der Waals surface area contributed by atoms with E-state index in [1.807, 2.05) is 31.3 Å². The SMILES string of the molecule is CNCc1cc(C)ccc1Oc1ccc2ccccc2c1. The first kappa shape index (κ1) is 13.7. The molecular formula is C19H19NO. The third kappa shape index (κ3) is 3.06. The second-order valence-electron chi connectivity index (χ2n) is 5.25. The van der Waals surface area contributed by atoms with Crippen molar-refractivity contribution in [1.82, 2.24) is 5.32 Å². The molecule has 0 heterocycles. The Labute approximate surface area is 125 Å². The van der Waals surface area contributed by atoms with Gasteiger partial charge in [0.1, 0.15) is 11.5 Å². The van der Waals surface area contributed by atoms with E-state index in [0.717, 1.165) is 18.0 Å². The summed E-state index contributed by atoms with van der Waals surface area (Å²) in [5.74, 6) is 1.78. The highest BCUT2D eigenvalue weighted by Crippen LogP contribution is 2.28. The number of hydrogen-bond donors (Lipinski definition) is 1. The molecule has 0 unspecified atom stereocenters. The number of ether oxygens (including phenoxy) is 1. The summed E-state index contributed by atoms with van der Waals surface area (Å²) in [4.78, 5) is 0. The van der Waals surface area contributed by atoms with Crippen molar-refractivity contribution < 1.29 is 4.74 Å². The van der Waals surface area contributed by atoms with Crippen LogP contribution in [-0.4, -0.2) is 7.05 Å². The zero-order valence-corrected chi connectivity index (χ0v) is 12.4. The summed E-state index contributed by atoms with van der Waals surface area (Å²) < 4.78 is 6.09. The highest BCUT2D eigenvalue weighted by molar-refractivity contribution is 5.83. The minimum absolute atomic E-state index is 0.796. The van der Waals surface area contributed by atoms with Crippen LogP contribution in [0.3, 0.4) is 0 Å². The zero-order chi connectivity index (χ0) is 14.7. The smallest absolute Gasteiger partial charge is 0.131 e. The standard InChI is InChI=1S/C19H19NO/c1-14-7-10-19(17(11-14)13-20-2)21-18-9-8-15-5-3-4-6-16(15)12-18/h3-12,20H,13H2,1-2H3. The Morgan fingerprint density at radius 2 is 1.71 bits per heavy atom. The number of hydrogen-bond acceptors (Lipinski definition) is 2. The number of benzene rings is 3.